The monoisotopic (exact) mass is 619 g/mol. The van der Waals surface area contributed by atoms with Crippen molar-refractivity contribution in [1.29, 1.82) is 0 Å². The van der Waals surface area contributed by atoms with Gasteiger partial charge in [0.15, 0.2) is 0 Å². The van der Waals surface area contributed by atoms with Crippen LogP contribution < -0.4 is 9.46 Å². The molecule has 4 bridgehead atoms. The summed E-state index contributed by atoms with van der Waals surface area (Å²) in [6.07, 6.45) is 1.28. The summed E-state index contributed by atoms with van der Waals surface area (Å²) in [5.41, 5.74) is 3.13. The molecule has 0 spiro atoms. The molecule has 4 heterocycles. The van der Waals surface area contributed by atoms with Crippen molar-refractivity contribution in [3.05, 3.63) is 65.2 Å². The van der Waals surface area contributed by atoms with Gasteiger partial charge in [0.05, 0.1) is 22.2 Å². The quantitative estimate of drug-likeness (QED) is 0.458. The van der Waals surface area contributed by atoms with Crippen LogP contribution in [0, 0.1) is 19.8 Å². The minimum Gasteiger partial charge on any atom is -0.475 e. The van der Waals surface area contributed by atoms with Gasteiger partial charge in [-0.1, -0.05) is 24.3 Å². The molecule has 11 nitrogen and oxygen atoms in total. The van der Waals surface area contributed by atoms with E-state index in [1.165, 1.54) is 12.1 Å². The third-order valence-electron chi connectivity index (χ3n) is 8.58. The van der Waals surface area contributed by atoms with Crippen molar-refractivity contribution in [3.8, 4) is 17.1 Å². The van der Waals surface area contributed by atoms with E-state index < -0.39 is 16.1 Å². The Labute approximate surface area is 257 Å². The number of aromatic nitrogens is 2. The molecule has 1 unspecified atom stereocenters. The van der Waals surface area contributed by atoms with Crippen LogP contribution in [-0.4, -0.2) is 84.5 Å². The number of nitrogens with zero attached hydrogens (tertiary/aromatic N) is 4. The van der Waals surface area contributed by atoms with Crippen LogP contribution in [0.5, 0.6) is 5.88 Å². The molecule has 2 amide bonds. The minimum absolute atomic E-state index is 0.0455. The highest BCUT2D eigenvalue weighted by Crippen LogP contribution is 2.32. The molecule has 2 fully saturated rings. The van der Waals surface area contributed by atoms with E-state index >= 15 is 0 Å². The Morgan fingerprint density at radius 3 is 2.55 bits per heavy atom. The van der Waals surface area contributed by atoms with Gasteiger partial charge in [-0.3, -0.25) is 9.59 Å². The molecule has 2 aromatic carbocycles. The topological polar surface area (TPSA) is 131 Å². The van der Waals surface area contributed by atoms with E-state index in [1.807, 2.05) is 50.8 Å². The molecule has 3 aliphatic rings. The van der Waals surface area contributed by atoms with E-state index in [0.717, 1.165) is 16.7 Å². The smallest absolute Gasteiger partial charge is 0.264 e. The molecule has 12 heteroatoms. The summed E-state index contributed by atoms with van der Waals surface area (Å²) in [7, 11) is -4.14. The van der Waals surface area contributed by atoms with Crippen LogP contribution in [0.2, 0.25) is 0 Å². The average Bonchev–Trinajstić information content (AvgIpc) is 2.98. The number of anilines is 1. The first-order chi connectivity index (χ1) is 20.9. The molecule has 0 radical (unpaired) electrons. The standard InChI is InChI=1S/C32H37N5O6S/c1-20-7-5-8-21(2)28(20)26-16-27-34-31(33-26)35-44(40,41)25-10-6-9-22(15-25)30(39)37-13-12-36(18-24(37)19-42-27)29(38)23-11-14-43-32(3,4)17-23/h5-10,15-16,23-24H,11-14,17-19H2,1-4H3,(H,33,34,35)/t23?,24-/m1/s1. The summed E-state index contributed by atoms with van der Waals surface area (Å²) in [6.45, 7) is 9.41. The second kappa shape index (κ2) is 11.5. The SMILES string of the molecule is Cc1cccc(C)c1-c1cc2nc(n1)NS(=O)(=O)c1cccc(c1)C(=O)N1CCN(C(=O)C3CCOC(C)(C)C3)C[C@@H]1CO2. The van der Waals surface area contributed by atoms with Gasteiger partial charge in [0, 0.05) is 49.4 Å². The lowest BCUT2D eigenvalue weighted by Gasteiger charge is -2.43. The number of carbonyl (C=O) groups is 2. The molecule has 0 aliphatic carbocycles. The number of piperazine rings is 1. The number of hydrogen-bond acceptors (Lipinski definition) is 8. The maximum atomic E-state index is 13.8. The number of hydrogen-bond donors (Lipinski definition) is 1. The lowest BCUT2D eigenvalue weighted by molar-refractivity contribution is -0.148. The summed E-state index contributed by atoms with van der Waals surface area (Å²) in [6, 6.07) is 13.0. The lowest BCUT2D eigenvalue weighted by Crippen LogP contribution is -2.59. The number of rotatable bonds is 2. The highest BCUT2D eigenvalue weighted by molar-refractivity contribution is 7.92. The predicted octanol–water partition coefficient (Wildman–Crippen LogP) is 3.81. The Morgan fingerprint density at radius 1 is 1.05 bits per heavy atom. The van der Waals surface area contributed by atoms with Gasteiger partial charge in [-0.15, -0.1) is 0 Å². The zero-order chi connectivity index (χ0) is 31.2. The minimum atomic E-state index is -4.14. The van der Waals surface area contributed by atoms with Gasteiger partial charge in [0.2, 0.25) is 17.7 Å². The second-order valence-electron chi connectivity index (χ2n) is 12.4. The van der Waals surface area contributed by atoms with Crippen molar-refractivity contribution in [2.75, 3.05) is 37.6 Å². The van der Waals surface area contributed by atoms with Gasteiger partial charge in [-0.25, -0.2) is 18.1 Å². The lowest BCUT2D eigenvalue weighted by atomic mass is 9.87. The van der Waals surface area contributed by atoms with Gasteiger partial charge in [0.1, 0.15) is 6.61 Å². The van der Waals surface area contributed by atoms with E-state index in [0.29, 0.717) is 31.7 Å². The normalized spacial score (nSPS) is 22.8. The number of nitrogens with one attached hydrogen (secondary N) is 1. The molecular formula is C32H37N5O6S. The predicted molar refractivity (Wildman–Crippen MR) is 164 cm³/mol. The summed E-state index contributed by atoms with van der Waals surface area (Å²) in [4.78, 5) is 39.9. The number of benzene rings is 2. The summed E-state index contributed by atoms with van der Waals surface area (Å²) in [5, 5.41) is 0. The maximum absolute atomic E-state index is 13.8. The van der Waals surface area contributed by atoms with Crippen molar-refractivity contribution >= 4 is 27.8 Å². The van der Waals surface area contributed by atoms with Gasteiger partial charge in [0.25, 0.3) is 15.9 Å². The van der Waals surface area contributed by atoms with E-state index in [2.05, 4.69) is 14.7 Å². The molecule has 2 saturated heterocycles. The van der Waals surface area contributed by atoms with E-state index in [1.54, 1.807) is 23.1 Å². The van der Waals surface area contributed by atoms with Crippen molar-refractivity contribution in [3.63, 3.8) is 0 Å². The third-order valence-corrected chi connectivity index (χ3v) is 9.91. The van der Waals surface area contributed by atoms with Crippen molar-refractivity contribution in [2.45, 2.75) is 57.1 Å². The first-order valence-corrected chi connectivity index (χ1v) is 16.3. The summed E-state index contributed by atoms with van der Waals surface area (Å²) >= 11 is 0. The van der Waals surface area contributed by atoms with E-state index in [9.17, 15) is 18.0 Å². The maximum Gasteiger partial charge on any atom is 0.264 e. The number of ether oxygens (including phenoxy) is 2. The van der Waals surface area contributed by atoms with Crippen LogP contribution in [0.3, 0.4) is 0 Å². The van der Waals surface area contributed by atoms with E-state index in [-0.39, 0.29) is 65.3 Å². The van der Waals surface area contributed by atoms with Crippen LogP contribution in [0.4, 0.5) is 5.95 Å². The number of aryl methyl sites for hydroxylation is 2. The van der Waals surface area contributed by atoms with Crippen molar-refractivity contribution < 1.29 is 27.5 Å². The Morgan fingerprint density at radius 2 is 1.80 bits per heavy atom. The number of amides is 2. The zero-order valence-electron chi connectivity index (χ0n) is 25.4. The first kappa shape index (κ1) is 30.0. The average molecular weight is 620 g/mol. The summed E-state index contributed by atoms with van der Waals surface area (Å²) < 4.78 is 41.4. The number of sulfonamides is 1. The highest BCUT2D eigenvalue weighted by atomic mass is 32.2. The largest absolute Gasteiger partial charge is 0.475 e. The molecule has 44 heavy (non-hydrogen) atoms. The van der Waals surface area contributed by atoms with Gasteiger partial charge in [-0.05, 0) is 69.9 Å². The molecule has 3 aliphatic heterocycles. The first-order valence-electron chi connectivity index (χ1n) is 14.9. The molecule has 0 saturated carbocycles. The van der Waals surface area contributed by atoms with E-state index in [4.69, 9.17) is 9.47 Å². The van der Waals surface area contributed by atoms with Crippen LogP contribution in [0.1, 0.15) is 48.2 Å². The molecular weight excluding hydrogens is 582 g/mol. The van der Waals surface area contributed by atoms with Crippen LogP contribution >= 0.6 is 0 Å². The zero-order valence-corrected chi connectivity index (χ0v) is 26.2. The molecule has 2 atom stereocenters. The van der Waals surface area contributed by atoms with Crippen molar-refractivity contribution in [1.82, 2.24) is 19.8 Å². The van der Waals surface area contributed by atoms with Crippen LogP contribution in [0.25, 0.3) is 11.3 Å². The summed E-state index contributed by atoms with van der Waals surface area (Å²) in [5.74, 6) is -0.425. The molecule has 1 aromatic heterocycles. The van der Waals surface area contributed by atoms with Crippen LogP contribution in [0.15, 0.2) is 53.4 Å². The Hall–Kier alpha value is -4.03. The Kier molecular flexibility index (Phi) is 7.83. The second-order valence-corrected chi connectivity index (χ2v) is 14.0. The van der Waals surface area contributed by atoms with Gasteiger partial charge >= 0.3 is 0 Å². The molecule has 6 rings (SSSR count). The molecule has 3 aromatic rings. The molecule has 1 N–H and O–H groups in total. The fraction of sp³-hybridized carbons (Fsp3) is 0.438. The fourth-order valence-corrected chi connectivity index (χ4v) is 7.37. The highest BCUT2D eigenvalue weighted by Gasteiger charge is 2.39. The van der Waals surface area contributed by atoms with Gasteiger partial charge in [-0.2, -0.15) is 4.98 Å². The fourth-order valence-electron chi connectivity index (χ4n) is 6.38. The third kappa shape index (κ3) is 6.00. The molecule has 232 valence electrons. The Balaban J connectivity index is 1.38. The van der Waals surface area contributed by atoms with Crippen LogP contribution in [-0.2, 0) is 19.6 Å². The Bertz CT molecular complexity index is 1710. The number of fused-ring (bicyclic) bond motifs is 5. The van der Waals surface area contributed by atoms with Gasteiger partial charge < -0.3 is 19.3 Å². The number of carbonyl (C=O) groups excluding carboxylic acids is 2. The van der Waals surface area contributed by atoms with Crippen molar-refractivity contribution in [2.24, 2.45) is 5.92 Å².